The Kier molecular flexibility index (Phi) is 5.18. The van der Waals surface area contributed by atoms with Crippen LogP contribution in [0, 0.1) is 6.92 Å². The number of nitrogens with one attached hydrogen (secondary N) is 2. The van der Waals surface area contributed by atoms with Crippen molar-refractivity contribution in [1.82, 2.24) is 9.97 Å². The third-order valence-corrected chi connectivity index (χ3v) is 4.65. The monoisotopic (exact) mass is 393 g/mol. The Morgan fingerprint density at radius 3 is 1.92 bits per heavy atom. The maximum absolute atomic E-state index is 6.17. The lowest BCUT2D eigenvalue weighted by Gasteiger charge is -2.13. The first-order chi connectivity index (χ1) is 11.9. The number of aryl methyl sites for hydroxylation is 1. The fourth-order valence-corrected chi connectivity index (χ4v) is 2.59. The number of hydrogen-bond donors (Lipinski definition) is 3. The minimum Gasteiger partial charge on any atom is -0.393 e. The molecule has 0 fully saturated rings. The molecule has 0 aliphatic carbocycles. The van der Waals surface area contributed by atoms with E-state index in [1.54, 1.807) is 18.2 Å². The Bertz CT molecular complexity index is 858. The minimum atomic E-state index is 0.366. The molecule has 0 radical (unpaired) electrons. The van der Waals surface area contributed by atoms with Gasteiger partial charge in [-0.25, -0.2) is 9.97 Å². The van der Waals surface area contributed by atoms with E-state index in [2.05, 4.69) is 20.6 Å². The summed E-state index contributed by atoms with van der Waals surface area (Å²) in [5.41, 5.74) is 9.02. The summed E-state index contributed by atoms with van der Waals surface area (Å²) in [5, 5.41) is 7.81. The van der Waals surface area contributed by atoms with Crippen molar-refractivity contribution < 1.29 is 0 Å². The molecule has 0 unspecified atom stereocenters. The van der Waals surface area contributed by atoms with Crippen LogP contribution in [0.3, 0.4) is 0 Å². The molecule has 128 valence electrons. The van der Waals surface area contributed by atoms with Gasteiger partial charge in [0.15, 0.2) is 11.6 Å². The SMILES string of the molecule is Cc1ccc(Nc2ncnc(Nc3ccc(Cl)c(Cl)c3)c2N)cc1Cl. The van der Waals surface area contributed by atoms with Gasteiger partial charge in [0.1, 0.15) is 12.0 Å². The molecule has 2 aromatic carbocycles. The van der Waals surface area contributed by atoms with Gasteiger partial charge in [-0.15, -0.1) is 0 Å². The summed E-state index contributed by atoms with van der Waals surface area (Å²) in [5.74, 6) is 0.923. The molecule has 0 saturated heterocycles. The fourth-order valence-electron chi connectivity index (χ4n) is 2.11. The maximum atomic E-state index is 6.17. The second kappa shape index (κ2) is 7.35. The highest BCUT2D eigenvalue weighted by atomic mass is 35.5. The normalized spacial score (nSPS) is 10.6. The van der Waals surface area contributed by atoms with Crippen LogP contribution in [0.25, 0.3) is 0 Å². The van der Waals surface area contributed by atoms with Crippen molar-refractivity contribution in [1.29, 1.82) is 0 Å². The van der Waals surface area contributed by atoms with Gasteiger partial charge in [0, 0.05) is 16.4 Å². The molecule has 0 atom stereocenters. The van der Waals surface area contributed by atoms with E-state index < -0.39 is 0 Å². The van der Waals surface area contributed by atoms with Crippen LogP contribution in [0.15, 0.2) is 42.7 Å². The summed E-state index contributed by atoms with van der Waals surface area (Å²) < 4.78 is 0. The van der Waals surface area contributed by atoms with Crippen molar-refractivity contribution in [2.24, 2.45) is 0 Å². The molecular weight excluding hydrogens is 381 g/mol. The number of nitrogens with two attached hydrogens (primary N) is 1. The van der Waals surface area contributed by atoms with Crippen molar-refractivity contribution in [3.63, 3.8) is 0 Å². The Morgan fingerprint density at radius 2 is 1.36 bits per heavy atom. The van der Waals surface area contributed by atoms with Crippen LogP contribution in [0.4, 0.5) is 28.7 Å². The molecule has 0 bridgehead atoms. The topological polar surface area (TPSA) is 75.9 Å². The maximum Gasteiger partial charge on any atom is 0.159 e. The van der Waals surface area contributed by atoms with Gasteiger partial charge in [-0.05, 0) is 42.8 Å². The van der Waals surface area contributed by atoms with E-state index in [1.165, 1.54) is 6.33 Å². The number of nitrogen functional groups attached to an aromatic ring is 1. The summed E-state index contributed by atoms with van der Waals surface area (Å²) >= 11 is 18.1. The predicted octanol–water partition coefficient (Wildman–Crippen LogP) is 5.81. The van der Waals surface area contributed by atoms with Crippen molar-refractivity contribution >= 4 is 63.5 Å². The molecule has 0 spiro atoms. The van der Waals surface area contributed by atoms with Crippen LogP contribution in [-0.2, 0) is 0 Å². The minimum absolute atomic E-state index is 0.366. The number of anilines is 5. The summed E-state index contributed by atoms with van der Waals surface area (Å²) in [6, 6.07) is 10.8. The van der Waals surface area contributed by atoms with E-state index in [9.17, 15) is 0 Å². The van der Waals surface area contributed by atoms with Gasteiger partial charge in [-0.1, -0.05) is 40.9 Å². The molecule has 3 aromatic rings. The Labute approximate surface area is 160 Å². The molecule has 8 heteroatoms. The van der Waals surface area contributed by atoms with Crippen LogP contribution in [-0.4, -0.2) is 9.97 Å². The van der Waals surface area contributed by atoms with E-state index in [1.807, 2.05) is 25.1 Å². The predicted molar refractivity (Wildman–Crippen MR) is 106 cm³/mol. The Balaban J connectivity index is 1.86. The zero-order chi connectivity index (χ0) is 18.0. The van der Waals surface area contributed by atoms with Crippen LogP contribution in [0.2, 0.25) is 15.1 Å². The largest absolute Gasteiger partial charge is 0.393 e. The summed E-state index contributed by atoms with van der Waals surface area (Å²) in [4.78, 5) is 8.35. The molecule has 1 heterocycles. The first-order valence-corrected chi connectivity index (χ1v) is 8.43. The molecule has 0 aliphatic heterocycles. The van der Waals surface area contributed by atoms with Gasteiger partial charge in [0.2, 0.25) is 0 Å². The summed E-state index contributed by atoms with van der Waals surface area (Å²) in [6.45, 7) is 1.93. The second-order valence-corrected chi connectivity index (χ2v) is 6.55. The molecule has 0 saturated carbocycles. The summed E-state index contributed by atoms with van der Waals surface area (Å²) in [7, 11) is 0. The number of benzene rings is 2. The number of aromatic nitrogens is 2. The van der Waals surface area contributed by atoms with Crippen molar-refractivity contribution in [2.45, 2.75) is 6.92 Å². The van der Waals surface area contributed by atoms with Gasteiger partial charge in [-0.2, -0.15) is 0 Å². The molecule has 25 heavy (non-hydrogen) atoms. The van der Waals surface area contributed by atoms with E-state index in [4.69, 9.17) is 40.5 Å². The summed E-state index contributed by atoms with van der Waals surface area (Å²) in [6.07, 6.45) is 1.41. The number of halogens is 3. The first kappa shape index (κ1) is 17.6. The van der Waals surface area contributed by atoms with E-state index >= 15 is 0 Å². The van der Waals surface area contributed by atoms with E-state index in [0.717, 1.165) is 11.3 Å². The third kappa shape index (κ3) is 4.07. The fraction of sp³-hybridized carbons (Fsp3) is 0.0588. The zero-order valence-electron chi connectivity index (χ0n) is 13.1. The van der Waals surface area contributed by atoms with Gasteiger partial charge in [0.25, 0.3) is 0 Å². The van der Waals surface area contributed by atoms with E-state index in [-0.39, 0.29) is 0 Å². The van der Waals surface area contributed by atoms with Crippen molar-refractivity contribution in [3.8, 4) is 0 Å². The highest BCUT2D eigenvalue weighted by molar-refractivity contribution is 6.42. The Morgan fingerprint density at radius 1 is 0.800 bits per heavy atom. The van der Waals surface area contributed by atoms with Crippen molar-refractivity contribution in [3.05, 3.63) is 63.4 Å². The van der Waals surface area contributed by atoms with E-state index in [0.29, 0.717) is 38.1 Å². The smallest absolute Gasteiger partial charge is 0.159 e. The van der Waals surface area contributed by atoms with Crippen LogP contribution in [0.5, 0.6) is 0 Å². The first-order valence-electron chi connectivity index (χ1n) is 7.30. The third-order valence-electron chi connectivity index (χ3n) is 3.50. The average Bonchev–Trinajstić information content (AvgIpc) is 2.58. The van der Waals surface area contributed by atoms with Gasteiger partial charge in [0.05, 0.1) is 10.0 Å². The molecule has 3 rings (SSSR count). The molecule has 4 N–H and O–H groups in total. The molecule has 5 nitrogen and oxygen atoms in total. The molecule has 0 amide bonds. The molecular formula is C17H14Cl3N5. The van der Waals surface area contributed by atoms with Crippen LogP contribution in [0.1, 0.15) is 5.56 Å². The van der Waals surface area contributed by atoms with Crippen LogP contribution >= 0.6 is 34.8 Å². The zero-order valence-corrected chi connectivity index (χ0v) is 15.4. The number of nitrogens with zero attached hydrogens (tertiary/aromatic N) is 2. The lowest BCUT2D eigenvalue weighted by Crippen LogP contribution is -2.05. The molecule has 1 aromatic heterocycles. The van der Waals surface area contributed by atoms with Crippen molar-refractivity contribution in [2.75, 3.05) is 16.4 Å². The Hall–Kier alpha value is -2.21. The number of hydrogen-bond acceptors (Lipinski definition) is 5. The number of rotatable bonds is 4. The standard InChI is InChI=1S/C17H14Cl3N5/c1-9-2-3-10(6-13(9)19)24-16-15(21)17(23-8-22-16)25-11-4-5-12(18)14(20)7-11/h2-8H,21H2,1H3,(H2,22,23,24,25). The van der Waals surface area contributed by atoms with Gasteiger partial charge in [-0.3, -0.25) is 0 Å². The van der Waals surface area contributed by atoms with Gasteiger partial charge >= 0.3 is 0 Å². The lowest BCUT2D eigenvalue weighted by atomic mass is 10.2. The average molecular weight is 395 g/mol. The second-order valence-electron chi connectivity index (χ2n) is 5.33. The van der Waals surface area contributed by atoms with Crippen LogP contribution < -0.4 is 16.4 Å². The van der Waals surface area contributed by atoms with Gasteiger partial charge < -0.3 is 16.4 Å². The molecule has 0 aliphatic rings. The highest BCUT2D eigenvalue weighted by Crippen LogP contribution is 2.31. The highest BCUT2D eigenvalue weighted by Gasteiger charge is 2.10. The lowest BCUT2D eigenvalue weighted by molar-refractivity contribution is 1.17. The quantitative estimate of drug-likeness (QED) is 0.520.